The number of aliphatic hydroxyl groups is 1. The van der Waals surface area contributed by atoms with E-state index in [2.05, 4.69) is 0 Å². The van der Waals surface area contributed by atoms with E-state index in [-0.39, 0.29) is 18.7 Å². The smallest absolute Gasteiger partial charge is 0.410 e. The lowest BCUT2D eigenvalue weighted by Crippen LogP contribution is -2.43. The van der Waals surface area contributed by atoms with Crippen molar-refractivity contribution in [1.82, 2.24) is 4.90 Å². The highest BCUT2D eigenvalue weighted by molar-refractivity contribution is 5.68. The van der Waals surface area contributed by atoms with Crippen LogP contribution in [-0.2, 0) is 4.74 Å². The van der Waals surface area contributed by atoms with Crippen LogP contribution in [0.4, 0.5) is 4.79 Å². The number of carbonyl (C=O) groups excluding carboxylic acids is 1. The van der Waals surface area contributed by atoms with Crippen LogP contribution in [0, 0.1) is 5.92 Å². The molecule has 0 bridgehead atoms. The lowest BCUT2D eigenvalue weighted by molar-refractivity contribution is 0.0159. The molecule has 2 atom stereocenters. The highest BCUT2D eigenvalue weighted by atomic mass is 16.6. The summed E-state index contributed by atoms with van der Waals surface area (Å²) in [5.74, 6) is 0.471. The molecule has 0 aromatic rings. The highest BCUT2D eigenvalue weighted by Gasteiger charge is 2.27. The van der Waals surface area contributed by atoms with Crippen molar-refractivity contribution in [3.63, 3.8) is 0 Å². The molecule has 3 N–H and O–H groups in total. The highest BCUT2D eigenvalue weighted by Crippen LogP contribution is 2.23. The van der Waals surface area contributed by atoms with Crippen LogP contribution in [-0.4, -0.2) is 47.4 Å². The molecule has 0 radical (unpaired) electrons. The van der Waals surface area contributed by atoms with Gasteiger partial charge in [0.1, 0.15) is 5.60 Å². The largest absolute Gasteiger partial charge is 0.444 e. The van der Waals surface area contributed by atoms with Gasteiger partial charge < -0.3 is 20.5 Å². The quantitative estimate of drug-likeness (QED) is 0.817. The van der Waals surface area contributed by atoms with E-state index in [9.17, 15) is 4.79 Å². The predicted octanol–water partition coefficient (Wildman–Crippen LogP) is 1.73. The Kier molecular flexibility index (Phi) is 6.07. The lowest BCUT2D eigenvalue weighted by Gasteiger charge is -2.34. The minimum Gasteiger partial charge on any atom is -0.444 e. The van der Waals surface area contributed by atoms with Crippen molar-refractivity contribution in [3.8, 4) is 0 Å². The summed E-state index contributed by atoms with van der Waals surface area (Å²) in [5.41, 5.74) is 5.27. The van der Waals surface area contributed by atoms with Crippen molar-refractivity contribution in [2.24, 2.45) is 11.7 Å². The van der Waals surface area contributed by atoms with Gasteiger partial charge in [-0.15, -0.1) is 0 Å². The van der Waals surface area contributed by atoms with E-state index in [0.29, 0.717) is 5.92 Å². The summed E-state index contributed by atoms with van der Waals surface area (Å²) >= 11 is 0. The number of likely N-dealkylation sites (tertiary alicyclic amines) is 1. The molecule has 0 spiro atoms. The van der Waals surface area contributed by atoms with Gasteiger partial charge in [0.25, 0.3) is 0 Å². The van der Waals surface area contributed by atoms with Crippen LogP contribution >= 0.6 is 0 Å². The number of piperidine rings is 1. The van der Waals surface area contributed by atoms with Crippen molar-refractivity contribution in [1.29, 1.82) is 0 Å². The van der Waals surface area contributed by atoms with E-state index in [1.54, 1.807) is 4.90 Å². The fourth-order valence-electron chi connectivity index (χ4n) is 2.33. The zero-order valence-corrected chi connectivity index (χ0v) is 12.4. The lowest BCUT2D eigenvalue weighted by atomic mass is 9.92. The van der Waals surface area contributed by atoms with E-state index >= 15 is 0 Å². The van der Waals surface area contributed by atoms with E-state index in [0.717, 1.165) is 38.8 Å². The van der Waals surface area contributed by atoms with Gasteiger partial charge in [-0.05, 0) is 52.4 Å². The monoisotopic (exact) mass is 272 g/mol. The van der Waals surface area contributed by atoms with Gasteiger partial charge in [0.05, 0.1) is 6.61 Å². The molecule has 1 rings (SSSR count). The molecular formula is C14H28N2O3. The molecule has 1 aliphatic rings. The minimum atomic E-state index is -0.441. The predicted molar refractivity (Wildman–Crippen MR) is 74.8 cm³/mol. The summed E-state index contributed by atoms with van der Waals surface area (Å²) in [6.45, 7) is 7.19. The standard InChI is InChI=1S/C14H28N2O3/c1-14(2,3)19-13(18)16-8-4-5-11(9-16)6-7-12(15)10-17/h11-12,17H,4-10,15H2,1-3H3/t11?,12-/m1/s1. The molecule has 0 aliphatic carbocycles. The Morgan fingerprint density at radius 2 is 2.21 bits per heavy atom. The molecule has 5 heteroatoms. The SMILES string of the molecule is CC(C)(C)OC(=O)N1CCCC(CC[C@@H](N)CO)C1. The molecular weight excluding hydrogens is 244 g/mol. The van der Waals surface area contributed by atoms with E-state index in [1.807, 2.05) is 20.8 Å². The third-order valence-electron chi connectivity index (χ3n) is 3.35. The number of aliphatic hydroxyl groups excluding tert-OH is 1. The van der Waals surface area contributed by atoms with Gasteiger partial charge in [0.15, 0.2) is 0 Å². The summed E-state index contributed by atoms with van der Waals surface area (Å²) in [5, 5.41) is 8.92. The second kappa shape index (κ2) is 7.10. The molecule has 1 saturated heterocycles. The zero-order valence-electron chi connectivity index (χ0n) is 12.4. The molecule has 5 nitrogen and oxygen atoms in total. The number of carbonyl (C=O) groups is 1. The molecule has 1 amide bonds. The maximum atomic E-state index is 12.0. The summed E-state index contributed by atoms with van der Waals surface area (Å²) in [6.07, 6.45) is 3.68. The van der Waals surface area contributed by atoms with Crippen molar-refractivity contribution in [3.05, 3.63) is 0 Å². The average Bonchev–Trinajstić information content (AvgIpc) is 2.34. The van der Waals surface area contributed by atoms with Gasteiger partial charge in [0, 0.05) is 19.1 Å². The van der Waals surface area contributed by atoms with Crippen molar-refractivity contribution >= 4 is 6.09 Å². The van der Waals surface area contributed by atoms with Crippen LogP contribution in [0.5, 0.6) is 0 Å². The molecule has 1 fully saturated rings. The van der Waals surface area contributed by atoms with Gasteiger partial charge >= 0.3 is 6.09 Å². The van der Waals surface area contributed by atoms with Crippen molar-refractivity contribution < 1.29 is 14.6 Å². The van der Waals surface area contributed by atoms with Gasteiger partial charge in [-0.3, -0.25) is 0 Å². The summed E-state index contributed by atoms with van der Waals surface area (Å²) in [4.78, 5) is 13.8. The van der Waals surface area contributed by atoms with Crippen LogP contribution < -0.4 is 5.73 Å². The van der Waals surface area contributed by atoms with Crippen molar-refractivity contribution in [2.75, 3.05) is 19.7 Å². The van der Waals surface area contributed by atoms with E-state index in [1.165, 1.54) is 0 Å². The van der Waals surface area contributed by atoms with Crippen LogP contribution in [0.3, 0.4) is 0 Å². The van der Waals surface area contributed by atoms with Gasteiger partial charge in [-0.25, -0.2) is 4.79 Å². The number of hydrogen-bond donors (Lipinski definition) is 2. The summed E-state index contributed by atoms with van der Waals surface area (Å²) < 4.78 is 5.39. The molecule has 1 aliphatic heterocycles. The Hall–Kier alpha value is -0.810. The number of nitrogens with zero attached hydrogens (tertiary/aromatic N) is 1. The Bertz CT molecular complexity index is 289. The average molecular weight is 272 g/mol. The van der Waals surface area contributed by atoms with Crippen LogP contribution in [0.15, 0.2) is 0 Å². The second-order valence-corrected chi connectivity index (χ2v) is 6.45. The number of amides is 1. The topological polar surface area (TPSA) is 75.8 Å². The first-order valence-electron chi connectivity index (χ1n) is 7.16. The minimum absolute atomic E-state index is 0.0303. The molecule has 0 saturated carbocycles. The number of rotatable bonds is 4. The Morgan fingerprint density at radius 1 is 1.53 bits per heavy atom. The number of nitrogens with two attached hydrogens (primary N) is 1. The normalized spacial score (nSPS) is 22.2. The Morgan fingerprint density at radius 3 is 2.79 bits per heavy atom. The molecule has 112 valence electrons. The van der Waals surface area contributed by atoms with E-state index in [4.69, 9.17) is 15.6 Å². The summed E-state index contributed by atoms with van der Waals surface area (Å²) in [7, 11) is 0. The second-order valence-electron chi connectivity index (χ2n) is 6.45. The first kappa shape index (κ1) is 16.2. The Labute approximate surface area is 116 Å². The third kappa shape index (κ3) is 6.25. The maximum Gasteiger partial charge on any atom is 0.410 e. The molecule has 1 heterocycles. The van der Waals surface area contributed by atoms with Crippen LogP contribution in [0.2, 0.25) is 0 Å². The molecule has 1 unspecified atom stereocenters. The molecule has 0 aromatic carbocycles. The zero-order chi connectivity index (χ0) is 14.5. The first-order valence-corrected chi connectivity index (χ1v) is 7.16. The fourth-order valence-corrected chi connectivity index (χ4v) is 2.33. The molecule has 0 aromatic heterocycles. The summed E-state index contributed by atoms with van der Waals surface area (Å²) in [6, 6.07) is -0.142. The van der Waals surface area contributed by atoms with Gasteiger partial charge in [-0.1, -0.05) is 0 Å². The first-order chi connectivity index (χ1) is 8.81. The van der Waals surface area contributed by atoms with Gasteiger partial charge in [0.2, 0.25) is 0 Å². The Balaban J connectivity index is 2.39. The third-order valence-corrected chi connectivity index (χ3v) is 3.35. The maximum absolute atomic E-state index is 12.0. The fraction of sp³-hybridized carbons (Fsp3) is 0.929. The number of hydrogen-bond acceptors (Lipinski definition) is 4. The van der Waals surface area contributed by atoms with Crippen LogP contribution in [0.25, 0.3) is 0 Å². The molecule has 19 heavy (non-hydrogen) atoms. The van der Waals surface area contributed by atoms with Gasteiger partial charge in [-0.2, -0.15) is 0 Å². The van der Waals surface area contributed by atoms with Crippen molar-refractivity contribution in [2.45, 2.75) is 58.1 Å². The number of ether oxygens (including phenoxy) is 1. The van der Waals surface area contributed by atoms with E-state index < -0.39 is 5.60 Å². The van der Waals surface area contributed by atoms with Crippen LogP contribution in [0.1, 0.15) is 46.5 Å².